The van der Waals surface area contributed by atoms with Gasteiger partial charge >= 0.3 is 5.97 Å². The molecule has 0 unspecified atom stereocenters. The summed E-state index contributed by atoms with van der Waals surface area (Å²) in [5.41, 5.74) is -0.468. The van der Waals surface area contributed by atoms with Crippen LogP contribution in [0.15, 0.2) is 35.5 Å². The van der Waals surface area contributed by atoms with E-state index in [0.29, 0.717) is 11.1 Å². The maximum atomic E-state index is 11.8. The van der Waals surface area contributed by atoms with Gasteiger partial charge in [0.1, 0.15) is 5.60 Å². The van der Waals surface area contributed by atoms with Crippen molar-refractivity contribution in [3.05, 3.63) is 35.5 Å². The number of rotatable bonds is 5. The normalized spacial score (nSPS) is 26.0. The molecular formula is C16H22O5. The molecule has 0 heterocycles. The molecule has 0 aliphatic heterocycles. The monoisotopic (exact) mass is 294 g/mol. The number of carbonyl (C=O) groups is 2. The van der Waals surface area contributed by atoms with Crippen LogP contribution >= 0.6 is 0 Å². The van der Waals surface area contributed by atoms with Crippen molar-refractivity contribution in [2.75, 3.05) is 13.7 Å². The molecule has 0 amide bonds. The molecular weight excluding hydrogens is 272 g/mol. The van der Waals surface area contributed by atoms with Gasteiger partial charge in [0.15, 0.2) is 5.78 Å². The summed E-state index contributed by atoms with van der Waals surface area (Å²) in [6.45, 7) is 5.14. The Morgan fingerprint density at radius 2 is 2.10 bits per heavy atom. The largest absolute Gasteiger partial charge is 0.478 e. The van der Waals surface area contributed by atoms with Crippen LogP contribution in [0.5, 0.6) is 0 Å². The number of methoxy groups -OCH3 is 1. The molecule has 5 nitrogen and oxygen atoms in total. The summed E-state index contributed by atoms with van der Waals surface area (Å²) >= 11 is 0. The molecule has 0 aromatic rings. The summed E-state index contributed by atoms with van der Waals surface area (Å²) < 4.78 is 5.66. The van der Waals surface area contributed by atoms with E-state index in [1.807, 2.05) is 13.8 Å². The Bertz CT molecular complexity index is 525. The number of hydrogen-bond acceptors (Lipinski definition) is 4. The van der Waals surface area contributed by atoms with Crippen LogP contribution in [-0.2, 0) is 14.3 Å². The zero-order valence-corrected chi connectivity index (χ0v) is 12.8. The Morgan fingerprint density at radius 3 is 2.57 bits per heavy atom. The molecule has 5 heteroatoms. The quantitative estimate of drug-likeness (QED) is 0.597. The number of allylic oxidation sites excluding steroid dienone is 3. The number of ketones is 1. The lowest BCUT2D eigenvalue weighted by Crippen LogP contribution is -2.51. The van der Waals surface area contributed by atoms with Gasteiger partial charge in [-0.05, 0) is 30.2 Å². The molecule has 0 saturated carbocycles. The lowest BCUT2D eigenvalue weighted by Gasteiger charge is -2.47. The molecule has 116 valence electrons. The highest BCUT2D eigenvalue weighted by atomic mass is 16.5. The van der Waals surface area contributed by atoms with E-state index in [1.54, 1.807) is 19.1 Å². The molecule has 1 rings (SSSR count). The molecule has 21 heavy (non-hydrogen) atoms. The molecule has 0 aromatic heterocycles. The van der Waals surface area contributed by atoms with Gasteiger partial charge in [-0.2, -0.15) is 0 Å². The van der Waals surface area contributed by atoms with E-state index in [4.69, 9.17) is 9.84 Å². The van der Waals surface area contributed by atoms with E-state index in [1.165, 1.54) is 13.2 Å². The molecule has 0 saturated heterocycles. The Kier molecular flexibility index (Phi) is 5.25. The summed E-state index contributed by atoms with van der Waals surface area (Å²) in [5.74, 6) is -1.08. The van der Waals surface area contributed by atoms with Crippen LogP contribution in [0.4, 0.5) is 0 Å². The van der Waals surface area contributed by atoms with Crippen molar-refractivity contribution in [3.8, 4) is 0 Å². The van der Waals surface area contributed by atoms with Crippen LogP contribution in [0, 0.1) is 5.41 Å². The molecule has 1 aliphatic rings. The number of aliphatic carboxylic acids is 1. The minimum absolute atomic E-state index is 0.0528. The van der Waals surface area contributed by atoms with Gasteiger partial charge in [0, 0.05) is 25.0 Å². The van der Waals surface area contributed by atoms with Gasteiger partial charge in [0.25, 0.3) is 0 Å². The number of aliphatic hydroxyl groups excluding tert-OH is 1. The van der Waals surface area contributed by atoms with Crippen LogP contribution in [0.2, 0.25) is 0 Å². The molecule has 1 aliphatic carbocycles. The second-order valence-corrected chi connectivity index (χ2v) is 5.85. The van der Waals surface area contributed by atoms with Crippen molar-refractivity contribution in [2.24, 2.45) is 5.41 Å². The lowest BCUT2D eigenvalue weighted by molar-refractivity contribution is -0.131. The molecule has 0 aromatic carbocycles. The summed E-state index contributed by atoms with van der Waals surface area (Å²) in [6, 6.07) is 0. The van der Waals surface area contributed by atoms with Crippen LogP contribution in [0.25, 0.3) is 0 Å². The first-order valence-corrected chi connectivity index (χ1v) is 6.69. The van der Waals surface area contributed by atoms with E-state index in [-0.39, 0.29) is 18.8 Å². The molecule has 0 bridgehead atoms. The topological polar surface area (TPSA) is 83.8 Å². The summed E-state index contributed by atoms with van der Waals surface area (Å²) in [5, 5.41) is 18.3. The Hall–Kier alpha value is -1.72. The number of carboxylic acid groups (broad SMARTS) is 1. The number of hydrogen-bond donors (Lipinski definition) is 2. The van der Waals surface area contributed by atoms with E-state index in [9.17, 15) is 14.7 Å². The fourth-order valence-electron chi connectivity index (χ4n) is 2.82. The predicted octanol–water partition coefficient (Wildman–Crippen LogP) is 1.88. The second kappa shape index (κ2) is 6.37. The Balaban J connectivity index is 3.33. The highest BCUT2D eigenvalue weighted by Crippen LogP contribution is 2.46. The minimum atomic E-state index is -1.03. The number of ether oxygens (including phenoxy) is 1. The zero-order valence-electron chi connectivity index (χ0n) is 12.8. The first kappa shape index (κ1) is 17.3. The highest BCUT2D eigenvalue weighted by Gasteiger charge is 2.49. The van der Waals surface area contributed by atoms with E-state index >= 15 is 0 Å². The fraction of sp³-hybridized carbons (Fsp3) is 0.500. The van der Waals surface area contributed by atoms with E-state index in [0.717, 1.165) is 6.08 Å². The number of aliphatic hydroxyl groups is 1. The van der Waals surface area contributed by atoms with Crippen molar-refractivity contribution in [2.45, 2.75) is 32.8 Å². The zero-order chi connectivity index (χ0) is 16.3. The Morgan fingerprint density at radius 1 is 1.48 bits per heavy atom. The van der Waals surface area contributed by atoms with Gasteiger partial charge in [-0.25, -0.2) is 4.79 Å². The van der Waals surface area contributed by atoms with Crippen molar-refractivity contribution in [3.63, 3.8) is 0 Å². The summed E-state index contributed by atoms with van der Waals surface area (Å²) in [4.78, 5) is 22.4. The van der Waals surface area contributed by atoms with Gasteiger partial charge in [-0.1, -0.05) is 19.9 Å². The van der Waals surface area contributed by atoms with Gasteiger partial charge in [-0.3, -0.25) is 4.79 Å². The third-order valence-electron chi connectivity index (χ3n) is 3.86. The molecule has 0 spiro atoms. The third-order valence-corrected chi connectivity index (χ3v) is 3.86. The van der Waals surface area contributed by atoms with Crippen LogP contribution in [-0.4, -0.2) is 41.3 Å². The average molecular weight is 294 g/mol. The van der Waals surface area contributed by atoms with Gasteiger partial charge in [0.2, 0.25) is 0 Å². The highest BCUT2D eigenvalue weighted by molar-refractivity contribution is 5.93. The first-order valence-electron chi connectivity index (χ1n) is 6.69. The van der Waals surface area contributed by atoms with Gasteiger partial charge in [0.05, 0.1) is 6.61 Å². The fourth-order valence-corrected chi connectivity index (χ4v) is 2.82. The van der Waals surface area contributed by atoms with Gasteiger partial charge in [-0.15, -0.1) is 0 Å². The smallest absolute Gasteiger partial charge is 0.328 e. The third kappa shape index (κ3) is 3.49. The van der Waals surface area contributed by atoms with E-state index in [2.05, 4.69) is 0 Å². The number of carboxylic acids is 1. The van der Waals surface area contributed by atoms with Crippen LogP contribution in [0.3, 0.4) is 0 Å². The summed E-state index contributed by atoms with van der Waals surface area (Å²) in [6.07, 6.45) is 6.14. The van der Waals surface area contributed by atoms with E-state index < -0.39 is 17.0 Å². The molecule has 0 fully saturated rings. The maximum Gasteiger partial charge on any atom is 0.328 e. The SMILES string of the molecule is CO[C@@]1(/C=C/C(C)=C\C(=O)O)C(CO)=CC(=O)CC1(C)C. The minimum Gasteiger partial charge on any atom is -0.478 e. The maximum absolute atomic E-state index is 11.8. The lowest BCUT2D eigenvalue weighted by atomic mass is 9.64. The first-order chi connectivity index (χ1) is 9.68. The molecule has 1 atom stereocenters. The molecule has 2 N–H and O–H groups in total. The van der Waals surface area contributed by atoms with Crippen molar-refractivity contribution >= 4 is 11.8 Å². The molecule has 0 radical (unpaired) electrons. The average Bonchev–Trinajstić information content (AvgIpc) is 2.35. The van der Waals surface area contributed by atoms with Crippen molar-refractivity contribution < 1.29 is 24.5 Å². The Labute approximate surface area is 124 Å². The van der Waals surface area contributed by atoms with Crippen molar-refractivity contribution in [1.82, 2.24) is 0 Å². The standard InChI is InChI=1S/C16H22O5/c1-11(7-14(19)20)5-6-16(21-4)12(10-17)8-13(18)9-15(16,2)3/h5-8,17H,9-10H2,1-4H3,(H,19,20)/b6-5+,11-7-/t16-/m0/s1. The van der Waals surface area contributed by atoms with Gasteiger partial charge < -0.3 is 14.9 Å². The number of carbonyl (C=O) groups excluding carboxylic acids is 1. The van der Waals surface area contributed by atoms with Crippen LogP contribution in [0.1, 0.15) is 27.2 Å². The van der Waals surface area contributed by atoms with Crippen molar-refractivity contribution in [1.29, 1.82) is 0 Å². The van der Waals surface area contributed by atoms with Crippen LogP contribution < -0.4 is 0 Å². The second-order valence-electron chi connectivity index (χ2n) is 5.85. The predicted molar refractivity (Wildman–Crippen MR) is 78.8 cm³/mol. The summed E-state index contributed by atoms with van der Waals surface area (Å²) in [7, 11) is 1.52.